The normalized spacial score (nSPS) is 11.7. The first kappa shape index (κ1) is 24.4. The number of carboxylic acids is 1. The van der Waals surface area contributed by atoms with Crippen molar-refractivity contribution in [3.63, 3.8) is 0 Å². The predicted octanol–water partition coefficient (Wildman–Crippen LogP) is 4.58. The summed E-state index contributed by atoms with van der Waals surface area (Å²) in [4.78, 5) is 11.7. The number of anilines is 1. The van der Waals surface area contributed by atoms with E-state index in [1.165, 1.54) is 42.8 Å². The number of nitrogens with one attached hydrogen (secondary N) is 1. The SMILES string of the molecule is COc1ccc(S(C)(=O)=O)cc1NCC#Cc1cc(C(=O)O)c2scc(CC(F)(F)F)c2c1. The fourth-order valence-corrected chi connectivity index (χ4v) is 4.82. The minimum Gasteiger partial charge on any atom is -0.495 e. The molecule has 3 aromatic rings. The highest BCUT2D eigenvalue weighted by atomic mass is 32.2. The Morgan fingerprint density at radius 1 is 1.24 bits per heavy atom. The van der Waals surface area contributed by atoms with Gasteiger partial charge in [-0.05, 0) is 46.7 Å². The molecule has 0 amide bonds. The van der Waals surface area contributed by atoms with E-state index in [1.54, 1.807) is 0 Å². The number of methoxy groups -OCH3 is 1. The number of carbonyl (C=O) groups is 1. The number of benzene rings is 2. The van der Waals surface area contributed by atoms with Crippen molar-refractivity contribution in [2.75, 3.05) is 25.2 Å². The molecule has 0 radical (unpaired) electrons. The molecule has 1 aromatic heterocycles. The molecule has 174 valence electrons. The number of alkyl halides is 3. The van der Waals surface area contributed by atoms with E-state index in [0.717, 1.165) is 17.6 Å². The number of sulfone groups is 1. The molecule has 0 unspecified atom stereocenters. The smallest absolute Gasteiger partial charge is 0.393 e. The minimum atomic E-state index is -4.43. The molecule has 0 fully saturated rings. The molecule has 0 aliphatic heterocycles. The van der Waals surface area contributed by atoms with Crippen molar-refractivity contribution >= 4 is 42.9 Å². The largest absolute Gasteiger partial charge is 0.495 e. The minimum absolute atomic E-state index is 0.00546. The van der Waals surface area contributed by atoms with E-state index in [9.17, 15) is 31.5 Å². The van der Waals surface area contributed by atoms with Gasteiger partial charge in [-0.25, -0.2) is 13.2 Å². The molecule has 2 aromatic carbocycles. The van der Waals surface area contributed by atoms with Crippen LogP contribution in [0.15, 0.2) is 40.6 Å². The standard InChI is InChI=1S/C22H18F3NO5S2/c1-31-19-6-5-15(33(2,29)30)10-18(19)26-7-3-4-13-8-16-14(11-22(23,24)25)12-32-20(16)17(9-13)21(27)28/h5-6,8-10,12,26H,7,11H2,1-2H3,(H,27,28). The van der Waals surface area contributed by atoms with E-state index in [1.807, 2.05) is 0 Å². The molecule has 3 rings (SSSR count). The van der Waals surface area contributed by atoms with Crippen molar-refractivity contribution in [1.29, 1.82) is 0 Å². The fraction of sp³-hybridized carbons (Fsp3) is 0.227. The maximum absolute atomic E-state index is 12.9. The first-order chi connectivity index (χ1) is 15.4. The highest BCUT2D eigenvalue weighted by molar-refractivity contribution is 7.90. The van der Waals surface area contributed by atoms with Crippen LogP contribution in [0.2, 0.25) is 0 Å². The van der Waals surface area contributed by atoms with Crippen LogP contribution in [-0.2, 0) is 16.3 Å². The lowest BCUT2D eigenvalue weighted by Gasteiger charge is -2.10. The van der Waals surface area contributed by atoms with Crippen LogP contribution in [0, 0.1) is 11.8 Å². The van der Waals surface area contributed by atoms with Crippen LogP contribution in [0.4, 0.5) is 18.9 Å². The third kappa shape index (κ3) is 5.97. The van der Waals surface area contributed by atoms with Gasteiger partial charge in [0.2, 0.25) is 0 Å². The second kappa shape index (κ2) is 9.33. The van der Waals surface area contributed by atoms with Crippen LogP contribution >= 0.6 is 11.3 Å². The van der Waals surface area contributed by atoms with Gasteiger partial charge in [0.05, 0.1) is 36.2 Å². The lowest BCUT2D eigenvalue weighted by Crippen LogP contribution is -2.11. The van der Waals surface area contributed by atoms with Crippen molar-refractivity contribution < 1.29 is 36.2 Å². The number of hydrogen-bond acceptors (Lipinski definition) is 6. The maximum atomic E-state index is 12.9. The maximum Gasteiger partial charge on any atom is 0.393 e. The van der Waals surface area contributed by atoms with Gasteiger partial charge in [0, 0.05) is 16.5 Å². The molecule has 0 aliphatic rings. The number of aromatic carboxylic acids is 1. The Labute approximate surface area is 191 Å². The van der Waals surface area contributed by atoms with E-state index in [4.69, 9.17) is 4.74 Å². The molecule has 0 bridgehead atoms. The topological polar surface area (TPSA) is 92.7 Å². The first-order valence-electron chi connectivity index (χ1n) is 9.34. The lowest BCUT2D eigenvalue weighted by atomic mass is 10.0. The summed E-state index contributed by atoms with van der Waals surface area (Å²) >= 11 is 0.947. The van der Waals surface area contributed by atoms with Gasteiger partial charge in [-0.1, -0.05) is 11.8 Å². The number of halogens is 3. The van der Waals surface area contributed by atoms with Crippen LogP contribution in [0.3, 0.4) is 0 Å². The molecular weight excluding hydrogens is 479 g/mol. The average molecular weight is 498 g/mol. The quantitative estimate of drug-likeness (QED) is 0.485. The Morgan fingerprint density at radius 2 is 1.97 bits per heavy atom. The van der Waals surface area contributed by atoms with Gasteiger partial charge in [-0.2, -0.15) is 13.2 Å². The molecule has 0 spiro atoms. The number of thiophene rings is 1. The van der Waals surface area contributed by atoms with Crippen molar-refractivity contribution in [2.24, 2.45) is 0 Å². The van der Waals surface area contributed by atoms with Crippen LogP contribution in [0.25, 0.3) is 10.1 Å². The summed E-state index contributed by atoms with van der Waals surface area (Å²) in [6, 6.07) is 7.07. The summed E-state index contributed by atoms with van der Waals surface area (Å²) in [5, 5.41) is 13.9. The zero-order valence-electron chi connectivity index (χ0n) is 17.4. The van der Waals surface area contributed by atoms with Gasteiger partial charge in [-0.15, -0.1) is 11.3 Å². The van der Waals surface area contributed by atoms with Crippen molar-refractivity contribution in [2.45, 2.75) is 17.5 Å². The third-order valence-corrected chi connectivity index (χ3v) is 6.76. The zero-order valence-corrected chi connectivity index (χ0v) is 19.0. The molecule has 1 heterocycles. The Hall–Kier alpha value is -3.23. The first-order valence-corrected chi connectivity index (χ1v) is 12.1. The molecule has 11 heteroatoms. The second-order valence-electron chi connectivity index (χ2n) is 7.05. The summed E-state index contributed by atoms with van der Waals surface area (Å²) in [5.41, 5.74) is 0.516. The number of hydrogen-bond donors (Lipinski definition) is 2. The van der Waals surface area contributed by atoms with E-state index >= 15 is 0 Å². The summed E-state index contributed by atoms with van der Waals surface area (Å²) in [5.74, 6) is 4.66. The van der Waals surface area contributed by atoms with Crippen molar-refractivity contribution in [3.8, 4) is 17.6 Å². The summed E-state index contributed by atoms with van der Waals surface area (Å²) in [6.45, 7) is 0.0447. The van der Waals surface area contributed by atoms with Crippen LogP contribution in [0.1, 0.15) is 21.5 Å². The predicted molar refractivity (Wildman–Crippen MR) is 120 cm³/mol. The number of fused-ring (bicyclic) bond motifs is 1. The summed E-state index contributed by atoms with van der Waals surface area (Å²) in [7, 11) is -2.01. The van der Waals surface area contributed by atoms with E-state index in [0.29, 0.717) is 11.4 Å². The highest BCUT2D eigenvalue weighted by Gasteiger charge is 2.29. The lowest BCUT2D eigenvalue weighted by molar-refractivity contribution is -0.126. The number of ether oxygens (including phenoxy) is 1. The Morgan fingerprint density at radius 3 is 2.58 bits per heavy atom. The van der Waals surface area contributed by atoms with Crippen LogP contribution < -0.4 is 10.1 Å². The van der Waals surface area contributed by atoms with E-state index in [2.05, 4.69) is 17.2 Å². The second-order valence-corrected chi connectivity index (χ2v) is 9.94. The third-order valence-electron chi connectivity index (χ3n) is 4.57. The molecule has 0 saturated heterocycles. The summed E-state index contributed by atoms with van der Waals surface area (Å²) in [6.07, 6.45) is -4.52. The Bertz CT molecular complexity index is 1380. The van der Waals surface area contributed by atoms with Crippen molar-refractivity contribution in [3.05, 3.63) is 52.4 Å². The van der Waals surface area contributed by atoms with Crippen LogP contribution in [-0.4, -0.2) is 45.6 Å². The van der Waals surface area contributed by atoms with E-state index in [-0.39, 0.29) is 38.2 Å². The zero-order chi connectivity index (χ0) is 24.4. The molecule has 2 N–H and O–H groups in total. The van der Waals surface area contributed by atoms with Gasteiger partial charge < -0.3 is 15.2 Å². The van der Waals surface area contributed by atoms with Gasteiger partial charge in [0.1, 0.15) is 5.75 Å². The number of rotatable bonds is 6. The van der Waals surface area contributed by atoms with Crippen molar-refractivity contribution in [1.82, 2.24) is 0 Å². The fourth-order valence-electron chi connectivity index (χ4n) is 3.11. The van der Waals surface area contributed by atoms with Crippen LogP contribution in [0.5, 0.6) is 5.75 Å². The van der Waals surface area contributed by atoms with Gasteiger partial charge in [0.15, 0.2) is 9.84 Å². The monoisotopic (exact) mass is 497 g/mol. The Balaban J connectivity index is 1.90. The highest BCUT2D eigenvalue weighted by Crippen LogP contribution is 2.34. The van der Waals surface area contributed by atoms with Gasteiger partial charge in [0.25, 0.3) is 0 Å². The molecule has 6 nitrogen and oxygen atoms in total. The average Bonchev–Trinajstić information content (AvgIpc) is 3.10. The molecule has 33 heavy (non-hydrogen) atoms. The van der Waals surface area contributed by atoms with E-state index < -0.39 is 28.4 Å². The molecule has 0 atom stereocenters. The Kier molecular flexibility index (Phi) is 6.90. The summed E-state index contributed by atoms with van der Waals surface area (Å²) < 4.78 is 67.7. The number of carboxylic acid groups (broad SMARTS) is 1. The molecule has 0 saturated carbocycles. The van der Waals surface area contributed by atoms with Gasteiger partial charge >= 0.3 is 12.1 Å². The molecule has 0 aliphatic carbocycles. The van der Waals surface area contributed by atoms with Gasteiger partial charge in [-0.3, -0.25) is 0 Å². The molecular formula is C22H18F3NO5S2.